The van der Waals surface area contributed by atoms with Crippen molar-refractivity contribution < 1.29 is 17.9 Å². The van der Waals surface area contributed by atoms with Gasteiger partial charge in [-0.3, -0.25) is 4.79 Å². The van der Waals surface area contributed by atoms with Crippen LogP contribution in [0.4, 0.5) is 0 Å². The van der Waals surface area contributed by atoms with E-state index in [1.54, 1.807) is 31.4 Å². The van der Waals surface area contributed by atoms with Crippen LogP contribution in [0.3, 0.4) is 0 Å². The van der Waals surface area contributed by atoms with Crippen LogP contribution in [0.25, 0.3) is 0 Å². The summed E-state index contributed by atoms with van der Waals surface area (Å²) < 4.78 is 31.2. The molecule has 1 amide bonds. The molecule has 0 bridgehead atoms. The first-order valence-electron chi connectivity index (χ1n) is 7.52. The molecule has 1 aliphatic rings. The lowest BCUT2D eigenvalue weighted by Crippen LogP contribution is -2.28. The van der Waals surface area contributed by atoms with Crippen molar-refractivity contribution >= 4 is 27.7 Å². The van der Waals surface area contributed by atoms with Gasteiger partial charge in [-0.05, 0) is 37.1 Å². The summed E-state index contributed by atoms with van der Waals surface area (Å²) in [6.45, 7) is 2.17. The molecule has 23 heavy (non-hydrogen) atoms. The van der Waals surface area contributed by atoms with Gasteiger partial charge in [0.05, 0.1) is 17.3 Å². The molecule has 8 heteroatoms. The highest BCUT2D eigenvalue weighted by Gasteiger charge is 2.26. The van der Waals surface area contributed by atoms with E-state index in [2.05, 4.69) is 5.32 Å². The van der Waals surface area contributed by atoms with Crippen LogP contribution in [0.2, 0.25) is 0 Å². The van der Waals surface area contributed by atoms with Gasteiger partial charge in [-0.15, -0.1) is 11.8 Å². The van der Waals surface area contributed by atoms with Crippen molar-refractivity contribution in [3.05, 3.63) is 24.3 Å². The van der Waals surface area contributed by atoms with Crippen molar-refractivity contribution in [3.63, 3.8) is 0 Å². The van der Waals surface area contributed by atoms with Gasteiger partial charge in [0, 0.05) is 31.6 Å². The Morgan fingerprint density at radius 2 is 1.91 bits per heavy atom. The maximum atomic E-state index is 12.4. The zero-order valence-electron chi connectivity index (χ0n) is 13.2. The molecule has 0 radical (unpaired) electrons. The smallest absolute Gasteiger partial charge is 0.243 e. The summed E-state index contributed by atoms with van der Waals surface area (Å²) in [5.74, 6) is 0.225. The Morgan fingerprint density at radius 1 is 1.26 bits per heavy atom. The van der Waals surface area contributed by atoms with Crippen molar-refractivity contribution in [2.75, 3.05) is 39.1 Å². The number of ether oxygens (including phenoxy) is 1. The molecule has 1 saturated heterocycles. The summed E-state index contributed by atoms with van der Waals surface area (Å²) >= 11 is 1.38. The van der Waals surface area contributed by atoms with Crippen LogP contribution in [0.5, 0.6) is 0 Å². The molecule has 6 nitrogen and oxygen atoms in total. The number of nitrogens with one attached hydrogen (secondary N) is 1. The first kappa shape index (κ1) is 18.3. The Hall–Kier alpha value is -1.09. The second-order valence-corrected chi connectivity index (χ2v) is 8.20. The molecule has 1 N–H and O–H groups in total. The Labute approximate surface area is 141 Å². The SMILES string of the molecule is COCCNC(=O)CSc1ccc(S(=O)(=O)N2CCCC2)cc1. The average molecular weight is 358 g/mol. The van der Waals surface area contributed by atoms with Crippen molar-refractivity contribution in [2.45, 2.75) is 22.6 Å². The molecule has 1 aliphatic heterocycles. The fraction of sp³-hybridized carbons (Fsp3) is 0.533. The van der Waals surface area contributed by atoms with Gasteiger partial charge in [-0.1, -0.05) is 0 Å². The number of carbonyl (C=O) groups excluding carboxylic acids is 1. The molecule has 1 aromatic carbocycles. The van der Waals surface area contributed by atoms with Crippen molar-refractivity contribution in [2.24, 2.45) is 0 Å². The van der Waals surface area contributed by atoms with Crippen molar-refractivity contribution in [1.82, 2.24) is 9.62 Å². The van der Waals surface area contributed by atoms with E-state index in [-0.39, 0.29) is 5.91 Å². The third-order valence-corrected chi connectivity index (χ3v) is 6.45. The molecule has 2 rings (SSSR count). The van der Waals surface area contributed by atoms with E-state index in [4.69, 9.17) is 4.74 Å². The number of sulfonamides is 1. The van der Waals surface area contributed by atoms with E-state index in [0.717, 1.165) is 17.7 Å². The Balaban J connectivity index is 1.88. The van der Waals surface area contributed by atoms with E-state index in [1.165, 1.54) is 16.1 Å². The number of methoxy groups -OCH3 is 1. The number of nitrogens with zero attached hydrogens (tertiary/aromatic N) is 1. The minimum absolute atomic E-state index is 0.0687. The molecule has 1 heterocycles. The highest BCUT2D eigenvalue weighted by Crippen LogP contribution is 2.24. The lowest BCUT2D eigenvalue weighted by Gasteiger charge is -2.15. The minimum atomic E-state index is -3.37. The van der Waals surface area contributed by atoms with E-state index in [1.807, 2.05) is 0 Å². The van der Waals surface area contributed by atoms with Crippen LogP contribution >= 0.6 is 11.8 Å². The molecule has 1 aromatic rings. The van der Waals surface area contributed by atoms with Gasteiger partial charge in [-0.25, -0.2) is 8.42 Å². The lowest BCUT2D eigenvalue weighted by molar-refractivity contribution is -0.118. The third-order valence-electron chi connectivity index (χ3n) is 3.52. The van der Waals surface area contributed by atoms with E-state index in [0.29, 0.717) is 36.9 Å². The zero-order valence-corrected chi connectivity index (χ0v) is 14.8. The first-order chi connectivity index (χ1) is 11.0. The highest BCUT2D eigenvalue weighted by atomic mass is 32.2. The van der Waals surface area contributed by atoms with Gasteiger partial charge in [0.15, 0.2) is 0 Å². The molecule has 0 unspecified atom stereocenters. The Morgan fingerprint density at radius 3 is 2.52 bits per heavy atom. The summed E-state index contributed by atoms with van der Waals surface area (Å²) in [4.78, 5) is 12.8. The lowest BCUT2D eigenvalue weighted by atomic mass is 10.4. The Kier molecular flexibility index (Phi) is 6.88. The fourth-order valence-electron chi connectivity index (χ4n) is 2.28. The van der Waals surface area contributed by atoms with E-state index >= 15 is 0 Å². The maximum Gasteiger partial charge on any atom is 0.243 e. The number of hydrogen-bond donors (Lipinski definition) is 1. The predicted molar refractivity (Wildman–Crippen MR) is 90.0 cm³/mol. The monoisotopic (exact) mass is 358 g/mol. The summed E-state index contributed by atoms with van der Waals surface area (Å²) in [6.07, 6.45) is 1.84. The van der Waals surface area contributed by atoms with Crippen LogP contribution in [0, 0.1) is 0 Å². The largest absolute Gasteiger partial charge is 0.383 e. The number of hydrogen-bond acceptors (Lipinski definition) is 5. The number of rotatable bonds is 8. The number of thioether (sulfide) groups is 1. The third kappa shape index (κ3) is 5.20. The molecular weight excluding hydrogens is 336 g/mol. The molecule has 0 atom stereocenters. The van der Waals surface area contributed by atoms with Gasteiger partial charge in [0.2, 0.25) is 15.9 Å². The van der Waals surface area contributed by atoms with Crippen LogP contribution in [-0.2, 0) is 19.6 Å². The summed E-state index contributed by atoms with van der Waals surface area (Å²) in [7, 11) is -1.79. The second-order valence-electron chi connectivity index (χ2n) is 5.21. The zero-order chi connectivity index (χ0) is 16.7. The van der Waals surface area contributed by atoms with Crippen LogP contribution in [-0.4, -0.2) is 57.7 Å². The van der Waals surface area contributed by atoms with E-state index < -0.39 is 10.0 Å². The van der Waals surface area contributed by atoms with Crippen molar-refractivity contribution in [3.8, 4) is 0 Å². The van der Waals surface area contributed by atoms with Crippen LogP contribution in [0.1, 0.15) is 12.8 Å². The Bertz CT molecular complexity index is 611. The summed E-state index contributed by atoms with van der Waals surface area (Å²) in [6, 6.07) is 6.71. The summed E-state index contributed by atoms with van der Waals surface area (Å²) in [5.41, 5.74) is 0. The normalized spacial score (nSPS) is 15.7. The van der Waals surface area contributed by atoms with Gasteiger partial charge in [0.25, 0.3) is 0 Å². The number of carbonyl (C=O) groups is 1. The van der Waals surface area contributed by atoms with Crippen LogP contribution in [0.15, 0.2) is 34.1 Å². The molecular formula is C15H22N2O4S2. The topological polar surface area (TPSA) is 75.7 Å². The quantitative estimate of drug-likeness (QED) is 0.560. The number of amides is 1. The average Bonchev–Trinajstić information content (AvgIpc) is 3.09. The van der Waals surface area contributed by atoms with Gasteiger partial charge in [0.1, 0.15) is 0 Å². The van der Waals surface area contributed by atoms with E-state index in [9.17, 15) is 13.2 Å². The highest BCUT2D eigenvalue weighted by molar-refractivity contribution is 8.00. The molecule has 0 aromatic heterocycles. The molecule has 128 valence electrons. The molecule has 0 spiro atoms. The standard InChI is InChI=1S/C15H22N2O4S2/c1-21-11-8-16-15(18)12-22-13-4-6-14(7-5-13)23(19,20)17-9-2-3-10-17/h4-7H,2-3,8-12H2,1H3,(H,16,18). The predicted octanol–water partition coefficient (Wildman–Crippen LogP) is 1.33. The van der Waals surface area contributed by atoms with Crippen LogP contribution < -0.4 is 5.32 Å². The first-order valence-corrected chi connectivity index (χ1v) is 9.95. The maximum absolute atomic E-state index is 12.4. The summed E-state index contributed by atoms with van der Waals surface area (Å²) in [5, 5.41) is 2.74. The molecule has 0 aliphatic carbocycles. The number of benzene rings is 1. The van der Waals surface area contributed by atoms with Gasteiger partial charge < -0.3 is 10.1 Å². The van der Waals surface area contributed by atoms with Gasteiger partial charge >= 0.3 is 0 Å². The molecule has 1 fully saturated rings. The van der Waals surface area contributed by atoms with Gasteiger partial charge in [-0.2, -0.15) is 4.31 Å². The second kappa shape index (κ2) is 8.68. The molecule has 0 saturated carbocycles. The minimum Gasteiger partial charge on any atom is -0.383 e. The fourth-order valence-corrected chi connectivity index (χ4v) is 4.52. The van der Waals surface area contributed by atoms with Crippen molar-refractivity contribution in [1.29, 1.82) is 0 Å².